The van der Waals surface area contributed by atoms with Crippen LogP contribution in [0.5, 0.6) is 0 Å². The molecular formula is C16H15N3OS. The molecule has 3 rings (SSSR count). The number of thiophene rings is 1. The molecule has 1 fully saturated rings. The van der Waals surface area contributed by atoms with Gasteiger partial charge in [0.25, 0.3) is 0 Å². The molecule has 1 aliphatic rings. The molecule has 1 N–H and O–H groups in total. The summed E-state index contributed by atoms with van der Waals surface area (Å²) < 4.78 is 0. The molecule has 0 aliphatic carbocycles. The Hall–Kier alpha value is -2.32. The van der Waals surface area contributed by atoms with Gasteiger partial charge in [-0.15, -0.1) is 0 Å². The van der Waals surface area contributed by atoms with Crippen LogP contribution in [0.25, 0.3) is 0 Å². The van der Waals surface area contributed by atoms with Crippen LogP contribution in [0, 0.1) is 11.3 Å². The van der Waals surface area contributed by atoms with Gasteiger partial charge in [-0.05, 0) is 59.5 Å². The molecule has 1 saturated heterocycles. The molecular weight excluding hydrogens is 282 g/mol. The number of anilines is 1. The highest BCUT2D eigenvalue weighted by molar-refractivity contribution is 7.07. The van der Waals surface area contributed by atoms with Crippen molar-refractivity contribution in [2.24, 2.45) is 0 Å². The predicted octanol–water partition coefficient (Wildman–Crippen LogP) is 3.99. The topological polar surface area (TPSA) is 56.1 Å². The lowest BCUT2D eigenvalue weighted by molar-refractivity contribution is 0.207. The van der Waals surface area contributed by atoms with Crippen molar-refractivity contribution in [3.05, 3.63) is 52.2 Å². The van der Waals surface area contributed by atoms with E-state index in [9.17, 15) is 4.79 Å². The van der Waals surface area contributed by atoms with E-state index in [-0.39, 0.29) is 12.1 Å². The highest BCUT2D eigenvalue weighted by Gasteiger charge is 2.30. The minimum Gasteiger partial charge on any atom is -0.317 e. The van der Waals surface area contributed by atoms with Crippen LogP contribution in [0.15, 0.2) is 41.1 Å². The molecule has 1 aromatic carbocycles. The van der Waals surface area contributed by atoms with Gasteiger partial charge in [-0.3, -0.25) is 0 Å². The molecule has 0 unspecified atom stereocenters. The smallest absolute Gasteiger partial charge is 0.317 e. The lowest BCUT2D eigenvalue weighted by atomic mass is 10.1. The van der Waals surface area contributed by atoms with E-state index >= 15 is 0 Å². The molecule has 21 heavy (non-hydrogen) atoms. The fourth-order valence-electron chi connectivity index (χ4n) is 2.64. The highest BCUT2D eigenvalue weighted by atomic mass is 32.1. The number of hydrogen-bond donors (Lipinski definition) is 1. The fourth-order valence-corrected chi connectivity index (χ4v) is 3.35. The molecule has 1 aromatic heterocycles. The summed E-state index contributed by atoms with van der Waals surface area (Å²) in [6, 6.07) is 11.2. The van der Waals surface area contributed by atoms with E-state index in [1.54, 1.807) is 35.6 Å². The van der Waals surface area contributed by atoms with Gasteiger partial charge < -0.3 is 10.2 Å². The van der Waals surface area contributed by atoms with Crippen LogP contribution in [-0.4, -0.2) is 17.5 Å². The van der Waals surface area contributed by atoms with Crippen LogP contribution >= 0.6 is 11.3 Å². The third-order valence-corrected chi connectivity index (χ3v) is 4.41. The van der Waals surface area contributed by atoms with E-state index in [1.165, 1.54) is 5.56 Å². The monoisotopic (exact) mass is 297 g/mol. The zero-order valence-corrected chi connectivity index (χ0v) is 12.3. The quantitative estimate of drug-likeness (QED) is 0.911. The average Bonchev–Trinajstić information content (AvgIpc) is 3.18. The van der Waals surface area contributed by atoms with E-state index < -0.39 is 0 Å². The normalized spacial score (nSPS) is 17.5. The maximum atomic E-state index is 12.4. The van der Waals surface area contributed by atoms with Gasteiger partial charge in [0.15, 0.2) is 0 Å². The molecule has 0 bridgehead atoms. The van der Waals surface area contributed by atoms with Gasteiger partial charge in [0.2, 0.25) is 0 Å². The number of benzene rings is 1. The van der Waals surface area contributed by atoms with Crippen molar-refractivity contribution in [3.63, 3.8) is 0 Å². The number of amides is 2. The van der Waals surface area contributed by atoms with Crippen LogP contribution in [0.1, 0.15) is 30.0 Å². The van der Waals surface area contributed by atoms with Crippen molar-refractivity contribution >= 4 is 23.1 Å². The number of carbonyl (C=O) groups is 1. The average molecular weight is 297 g/mol. The van der Waals surface area contributed by atoms with Crippen LogP contribution in [-0.2, 0) is 0 Å². The summed E-state index contributed by atoms with van der Waals surface area (Å²) in [6.45, 7) is 0.780. The van der Waals surface area contributed by atoms with E-state index in [2.05, 4.69) is 22.8 Å². The zero-order chi connectivity index (χ0) is 14.7. The van der Waals surface area contributed by atoms with Gasteiger partial charge in [0, 0.05) is 12.2 Å². The molecule has 1 aliphatic heterocycles. The molecule has 106 valence electrons. The number of nitrogens with one attached hydrogen (secondary N) is 1. The number of rotatable bonds is 2. The van der Waals surface area contributed by atoms with Crippen molar-refractivity contribution in [2.75, 3.05) is 11.9 Å². The molecule has 4 nitrogen and oxygen atoms in total. The van der Waals surface area contributed by atoms with Gasteiger partial charge in [-0.2, -0.15) is 16.6 Å². The number of hydrogen-bond acceptors (Lipinski definition) is 3. The van der Waals surface area contributed by atoms with Gasteiger partial charge in [0.1, 0.15) is 0 Å². The van der Waals surface area contributed by atoms with Crippen molar-refractivity contribution in [3.8, 4) is 6.07 Å². The van der Waals surface area contributed by atoms with Crippen LogP contribution in [0.2, 0.25) is 0 Å². The Labute approximate surface area is 127 Å². The van der Waals surface area contributed by atoms with E-state index in [4.69, 9.17) is 5.26 Å². The summed E-state index contributed by atoms with van der Waals surface area (Å²) in [5.41, 5.74) is 2.52. The largest absolute Gasteiger partial charge is 0.322 e. The Bertz CT molecular complexity index is 658. The Kier molecular flexibility index (Phi) is 3.89. The summed E-state index contributed by atoms with van der Waals surface area (Å²) in [5.74, 6) is 0. The van der Waals surface area contributed by atoms with Crippen LogP contribution in [0.3, 0.4) is 0 Å². The highest BCUT2D eigenvalue weighted by Crippen LogP contribution is 2.33. The molecule has 2 heterocycles. The third kappa shape index (κ3) is 2.91. The van der Waals surface area contributed by atoms with Crippen molar-refractivity contribution < 1.29 is 4.79 Å². The van der Waals surface area contributed by atoms with Crippen molar-refractivity contribution in [1.82, 2.24) is 4.90 Å². The summed E-state index contributed by atoms with van der Waals surface area (Å²) in [6.07, 6.45) is 2.04. The Morgan fingerprint density at radius 1 is 1.33 bits per heavy atom. The summed E-state index contributed by atoms with van der Waals surface area (Å²) >= 11 is 1.66. The molecule has 5 heteroatoms. The standard InChI is InChI=1S/C16H15N3OS/c17-10-12-3-5-14(6-4-12)18-16(20)19-8-1-2-15(19)13-7-9-21-11-13/h3-7,9,11,15H,1-2,8H2,(H,18,20)/t15-/m0/s1. The second-order valence-electron chi connectivity index (χ2n) is 5.03. The molecule has 0 spiro atoms. The van der Waals surface area contributed by atoms with Crippen LogP contribution in [0.4, 0.5) is 10.5 Å². The van der Waals surface area contributed by atoms with E-state index in [0.29, 0.717) is 5.56 Å². The number of nitriles is 1. The lowest BCUT2D eigenvalue weighted by Crippen LogP contribution is -2.34. The first-order valence-corrected chi connectivity index (χ1v) is 7.82. The van der Waals surface area contributed by atoms with Gasteiger partial charge in [0.05, 0.1) is 17.7 Å². The molecule has 0 radical (unpaired) electrons. The molecule has 2 aromatic rings. The second-order valence-corrected chi connectivity index (χ2v) is 5.81. The first-order chi connectivity index (χ1) is 10.3. The Morgan fingerprint density at radius 2 is 2.14 bits per heavy atom. The number of urea groups is 1. The van der Waals surface area contributed by atoms with Crippen molar-refractivity contribution in [1.29, 1.82) is 5.26 Å². The fraction of sp³-hybridized carbons (Fsp3) is 0.250. The maximum Gasteiger partial charge on any atom is 0.322 e. The maximum absolute atomic E-state index is 12.4. The summed E-state index contributed by atoms with van der Waals surface area (Å²) in [4.78, 5) is 14.3. The minimum absolute atomic E-state index is 0.0755. The zero-order valence-electron chi connectivity index (χ0n) is 11.5. The Morgan fingerprint density at radius 3 is 2.81 bits per heavy atom. The SMILES string of the molecule is N#Cc1ccc(NC(=O)N2CCC[C@H]2c2ccsc2)cc1. The molecule has 0 saturated carbocycles. The van der Waals surface area contributed by atoms with Gasteiger partial charge >= 0.3 is 6.03 Å². The minimum atomic E-state index is -0.0755. The second kappa shape index (κ2) is 5.98. The first-order valence-electron chi connectivity index (χ1n) is 6.88. The number of carbonyl (C=O) groups excluding carboxylic acids is 1. The number of likely N-dealkylation sites (tertiary alicyclic amines) is 1. The molecule has 2 amide bonds. The Balaban J connectivity index is 1.71. The van der Waals surface area contributed by atoms with Gasteiger partial charge in [-0.1, -0.05) is 0 Å². The predicted molar refractivity (Wildman–Crippen MR) is 83.2 cm³/mol. The summed E-state index contributed by atoms with van der Waals surface area (Å²) in [7, 11) is 0. The summed E-state index contributed by atoms with van der Waals surface area (Å²) in [5, 5.41) is 15.8. The first kappa shape index (κ1) is 13.7. The third-order valence-electron chi connectivity index (χ3n) is 3.71. The lowest BCUT2D eigenvalue weighted by Gasteiger charge is -2.24. The number of nitrogens with zero attached hydrogens (tertiary/aromatic N) is 2. The van der Waals surface area contributed by atoms with Crippen molar-refractivity contribution in [2.45, 2.75) is 18.9 Å². The van der Waals surface area contributed by atoms with Crippen LogP contribution < -0.4 is 5.32 Å². The molecule has 1 atom stereocenters. The van der Waals surface area contributed by atoms with E-state index in [1.807, 2.05) is 10.3 Å². The van der Waals surface area contributed by atoms with E-state index in [0.717, 1.165) is 25.1 Å². The van der Waals surface area contributed by atoms with Gasteiger partial charge in [-0.25, -0.2) is 4.79 Å².